The molecule has 0 atom stereocenters. The van der Waals surface area contributed by atoms with Crippen molar-refractivity contribution in [2.75, 3.05) is 26.8 Å². The summed E-state index contributed by atoms with van der Waals surface area (Å²) in [6.45, 7) is 2.82. The van der Waals surface area contributed by atoms with E-state index in [1.807, 2.05) is 12.1 Å². The van der Waals surface area contributed by atoms with Crippen LogP contribution in [0.5, 0.6) is 5.88 Å². The number of halogens is 3. The number of nitrogens with zero attached hydrogens (tertiary/aromatic N) is 4. The van der Waals surface area contributed by atoms with E-state index in [1.165, 1.54) is 12.3 Å². The van der Waals surface area contributed by atoms with E-state index >= 15 is 0 Å². The Morgan fingerprint density at radius 1 is 1.26 bits per heavy atom. The highest BCUT2D eigenvalue weighted by Gasteiger charge is 2.24. The first-order valence-electron chi connectivity index (χ1n) is 12.2. The lowest BCUT2D eigenvalue weighted by atomic mass is 9.93. The third-order valence-electron chi connectivity index (χ3n) is 6.46. The summed E-state index contributed by atoms with van der Waals surface area (Å²) in [6, 6.07) is 10.1. The highest BCUT2D eigenvalue weighted by molar-refractivity contribution is 6.30. The fourth-order valence-corrected chi connectivity index (χ4v) is 4.62. The molecular weight excluding hydrogens is 518 g/mol. The Morgan fingerprint density at radius 2 is 2.05 bits per heavy atom. The number of methoxy groups -OCH3 is 1. The number of rotatable bonds is 11. The number of ether oxygens (including phenoxy) is 2. The second-order valence-electron chi connectivity index (χ2n) is 9.01. The Balaban J connectivity index is 1.36. The summed E-state index contributed by atoms with van der Waals surface area (Å²) in [6.07, 6.45) is 3.62. The maximum absolute atomic E-state index is 14.4. The fraction of sp³-hybridized carbons (Fsp3) is 0.370. The van der Waals surface area contributed by atoms with E-state index in [1.54, 1.807) is 29.9 Å². The SMILES string of the molecule is COCCn1c(/C(F)=C/C(=O)O)cnc1CN1CCC(c2cccc(OCc3ccc(Cl)cc3F)n2)CC1. The van der Waals surface area contributed by atoms with Crippen molar-refractivity contribution >= 4 is 23.4 Å². The molecule has 1 saturated heterocycles. The standard InChI is InChI=1S/C27H29ClF2N4O4/c1-37-12-11-34-24(22(30)14-27(35)36)15-31-25(34)16-33-9-7-18(8-10-33)23-3-2-4-26(32-23)38-17-19-5-6-20(28)13-21(19)29/h2-6,13-15,18H,7-12,16-17H2,1H3,(H,35,36)/b22-14-. The first kappa shape index (κ1) is 27.7. The van der Waals surface area contributed by atoms with E-state index in [0.717, 1.165) is 31.6 Å². The number of likely N-dealkylation sites (tertiary alicyclic amines) is 1. The number of carbonyl (C=O) groups is 1. The number of benzene rings is 1. The van der Waals surface area contributed by atoms with Crippen LogP contribution in [0.15, 0.2) is 48.7 Å². The average Bonchev–Trinajstić information content (AvgIpc) is 3.29. The van der Waals surface area contributed by atoms with Crippen LogP contribution in [-0.2, 0) is 29.2 Å². The highest BCUT2D eigenvalue weighted by Crippen LogP contribution is 2.29. The molecule has 38 heavy (non-hydrogen) atoms. The van der Waals surface area contributed by atoms with Gasteiger partial charge >= 0.3 is 5.97 Å². The van der Waals surface area contributed by atoms with Crippen LogP contribution in [0.1, 0.15) is 41.5 Å². The molecule has 3 aromatic rings. The molecule has 0 aliphatic carbocycles. The minimum absolute atomic E-state index is 0.0534. The molecule has 2 aromatic heterocycles. The van der Waals surface area contributed by atoms with Crippen molar-refractivity contribution < 1.29 is 28.2 Å². The minimum atomic E-state index is -1.36. The Morgan fingerprint density at radius 3 is 2.76 bits per heavy atom. The lowest BCUT2D eigenvalue weighted by Gasteiger charge is -2.31. The van der Waals surface area contributed by atoms with Gasteiger partial charge in [0.1, 0.15) is 18.2 Å². The summed E-state index contributed by atoms with van der Waals surface area (Å²) in [7, 11) is 1.55. The van der Waals surface area contributed by atoms with Crippen LogP contribution in [0.4, 0.5) is 8.78 Å². The molecule has 0 amide bonds. The predicted octanol–water partition coefficient (Wildman–Crippen LogP) is 5.07. The number of imidazole rings is 1. The maximum atomic E-state index is 14.4. The molecule has 0 spiro atoms. The molecular formula is C27H29ClF2N4O4. The van der Waals surface area contributed by atoms with Gasteiger partial charge in [-0.1, -0.05) is 23.7 Å². The van der Waals surface area contributed by atoms with Crippen LogP contribution in [-0.4, -0.2) is 57.3 Å². The first-order valence-corrected chi connectivity index (χ1v) is 12.6. The monoisotopic (exact) mass is 546 g/mol. The van der Waals surface area contributed by atoms with Gasteiger partial charge in [-0.2, -0.15) is 0 Å². The van der Waals surface area contributed by atoms with Crippen LogP contribution in [0.25, 0.3) is 5.83 Å². The van der Waals surface area contributed by atoms with Crippen LogP contribution < -0.4 is 4.74 Å². The second kappa shape index (κ2) is 12.9. The Labute approximate surface area is 224 Å². The van der Waals surface area contributed by atoms with Crippen molar-refractivity contribution in [2.24, 2.45) is 0 Å². The van der Waals surface area contributed by atoms with Crippen molar-refractivity contribution in [1.82, 2.24) is 19.4 Å². The molecule has 8 nitrogen and oxygen atoms in total. The zero-order chi connectivity index (χ0) is 27.1. The maximum Gasteiger partial charge on any atom is 0.331 e. The third-order valence-corrected chi connectivity index (χ3v) is 6.69. The fourth-order valence-electron chi connectivity index (χ4n) is 4.46. The summed E-state index contributed by atoms with van der Waals surface area (Å²) in [5, 5.41) is 9.24. The zero-order valence-electron chi connectivity index (χ0n) is 20.9. The lowest BCUT2D eigenvalue weighted by Crippen LogP contribution is -2.33. The van der Waals surface area contributed by atoms with Gasteiger partial charge < -0.3 is 19.1 Å². The lowest BCUT2D eigenvalue weighted by molar-refractivity contribution is -0.131. The van der Waals surface area contributed by atoms with Crippen LogP contribution in [0.3, 0.4) is 0 Å². The number of hydrogen-bond donors (Lipinski definition) is 1. The van der Waals surface area contributed by atoms with Gasteiger partial charge in [-0.15, -0.1) is 0 Å². The van der Waals surface area contributed by atoms with Gasteiger partial charge in [-0.25, -0.2) is 23.5 Å². The van der Waals surface area contributed by atoms with Crippen LogP contribution in [0.2, 0.25) is 5.02 Å². The zero-order valence-corrected chi connectivity index (χ0v) is 21.7. The number of carboxylic acid groups (broad SMARTS) is 1. The number of hydrogen-bond acceptors (Lipinski definition) is 6. The minimum Gasteiger partial charge on any atom is -0.478 e. The van der Waals surface area contributed by atoms with E-state index in [4.69, 9.17) is 26.2 Å². The van der Waals surface area contributed by atoms with E-state index in [2.05, 4.69) is 14.9 Å². The largest absolute Gasteiger partial charge is 0.478 e. The predicted molar refractivity (Wildman–Crippen MR) is 138 cm³/mol. The van der Waals surface area contributed by atoms with E-state index in [9.17, 15) is 13.6 Å². The Hall–Kier alpha value is -3.34. The molecule has 1 fully saturated rings. The quantitative estimate of drug-likeness (QED) is 0.336. The van der Waals surface area contributed by atoms with Gasteiger partial charge in [-0.3, -0.25) is 4.90 Å². The van der Waals surface area contributed by atoms with Gasteiger partial charge in [0, 0.05) is 41.9 Å². The van der Waals surface area contributed by atoms with Gasteiger partial charge in [-0.05, 0) is 44.1 Å². The topological polar surface area (TPSA) is 89.7 Å². The number of aromatic nitrogens is 3. The molecule has 4 rings (SSSR count). The molecule has 0 saturated carbocycles. The smallest absolute Gasteiger partial charge is 0.331 e. The van der Waals surface area contributed by atoms with Crippen molar-refractivity contribution in [3.63, 3.8) is 0 Å². The Kier molecular flexibility index (Phi) is 9.43. The normalized spacial score (nSPS) is 15.1. The Bertz CT molecular complexity index is 1290. The number of aliphatic carboxylic acids is 1. The molecule has 0 radical (unpaired) electrons. The van der Waals surface area contributed by atoms with E-state index in [-0.39, 0.29) is 18.2 Å². The van der Waals surface area contributed by atoms with Crippen molar-refractivity contribution in [3.8, 4) is 5.88 Å². The van der Waals surface area contributed by atoms with Gasteiger partial charge in [0.25, 0.3) is 0 Å². The third kappa shape index (κ3) is 7.15. The second-order valence-corrected chi connectivity index (χ2v) is 9.45. The molecule has 0 unspecified atom stereocenters. The highest BCUT2D eigenvalue weighted by atomic mass is 35.5. The van der Waals surface area contributed by atoms with E-state index < -0.39 is 17.6 Å². The molecule has 1 N–H and O–H groups in total. The van der Waals surface area contributed by atoms with Crippen molar-refractivity contribution in [2.45, 2.75) is 38.5 Å². The molecule has 1 aromatic carbocycles. The molecule has 202 valence electrons. The number of piperidine rings is 1. The summed E-state index contributed by atoms with van der Waals surface area (Å²) in [4.78, 5) is 22.2. The number of pyridine rings is 1. The number of carboxylic acids is 1. The van der Waals surface area contributed by atoms with Gasteiger partial charge in [0.15, 0.2) is 5.83 Å². The first-order chi connectivity index (χ1) is 18.3. The molecule has 1 aliphatic rings. The molecule has 1 aliphatic heterocycles. The average molecular weight is 547 g/mol. The molecule has 11 heteroatoms. The van der Waals surface area contributed by atoms with Crippen molar-refractivity contribution in [1.29, 1.82) is 0 Å². The van der Waals surface area contributed by atoms with Crippen molar-refractivity contribution in [3.05, 3.63) is 82.3 Å². The summed E-state index contributed by atoms with van der Waals surface area (Å²) < 4.78 is 41.0. The summed E-state index contributed by atoms with van der Waals surface area (Å²) in [5.41, 5.74) is 1.44. The van der Waals surface area contributed by atoms with Crippen LogP contribution >= 0.6 is 11.6 Å². The van der Waals surface area contributed by atoms with E-state index in [0.29, 0.717) is 48.1 Å². The molecule has 0 bridgehead atoms. The van der Waals surface area contributed by atoms with Gasteiger partial charge in [0.05, 0.1) is 31.1 Å². The summed E-state index contributed by atoms with van der Waals surface area (Å²) in [5.74, 6) is -1.31. The molecule has 3 heterocycles. The van der Waals surface area contributed by atoms with Crippen LogP contribution in [0, 0.1) is 5.82 Å². The summed E-state index contributed by atoms with van der Waals surface area (Å²) >= 11 is 5.81. The van der Waals surface area contributed by atoms with Gasteiger partial charge in [0.2, 0.25) is 5.88 Å².